The van der Waals surface area contributed by atoms with E-state index < -0.39 is 9.84 Å². The third-order valence-corrected chi connectivity index (χ3v) is 6.17. The molecule has 23 heavy (non-hydrogen) atoms. The normalized spacial score (nSPS) is 28.2. The Bertz CT molecular complexity index is 660. The summed E-state index contributed by atoms with van der Waals surface area (Å²) >= 11 is 0. The van der Waals surface area contributed by atoms with Crippen LogP contribution in [0.5, 0.6) is 0 Å². The molecule has 1 amide bonds. The van der Waals surface area contributed by atoms with Crippen LogP contribution in [0.15, 0.2) is 28.9 Å². The van der Waals surface area contributed by atoms with E-state index in [0.717, 1.165) is 25.9 Å². The smallest absolute Gasteiger partial charge is 0.244 e. The zero-order chi connectivity index (χ0) is 16.3. The monoisotopic (exact) mass is 338 g/mol. The standard InChI is InChI=1S/C16H22N2O4S/c19-16(7-6-13-5-4-10-22-13)17-14-11-23(20,21)12-15(14)18-8-2-1-3-9-18/h4-7,10,14-15H,1-3,8-9,11-12H2,(H,17,19)/b7-6+/t14-,15+/m1/s1. The van der Waals surface area contributed by atoms with E-state index in [1.807, 2.05) is 0 Å². The van der Waals surface area contributed by atoms with Crippen molar-refractivity contribution in [3.63, 3.8) is 0 Å². The summed E-state index contributed by atoms with van der Waals surface area (Å²) in [6.45, 7) is 1.82. The van der Waals surface area contributed by atoms with Crippen LogP contribution in [0, 0.1) is 0 Å². The van der Waals surface area contributed by atoms with Gasteiger partial charge in [-0.05, 0) is 44.1 Å². The number of piperidine rings is 1. The summed E-state index contributed by atoms with van der Waals surface area (Å²) in [6.07, 6.45) is 7.88. The Balaban J connectivity index is 1.65. The Morgan fingerprint density at radius 2 is 2.04 bits per heavy atom. The zero-order valence-electron chi connectivity index (χ0n) is 13.0. The molecule has 1 aromatic rings. The molecule has 1 N–H and O–H groups in total. The number of sulfone groups is 1. The van der Waals surface area contributed by atoms with Crippen LogP contribution in [0.4, 0.5) is 0 Å². The van der Waals surface area contributed by atoms with Gasteiger partial charge in [0.25, 0.3) is 0 Å². The minimum Gasteiger partial charge on any atom is -0.465 e. The number of carbonyl (C=O) groups is 1. The van der Waals surface area contributed by atoms with E-state index in [9.17, 15) is 13.2 Å². The first-order valence-corrected chi connectivity index (χ1v) is 9.82. The van der Waals surface area contributed by atoms with Crippen LogP contribution >= 0.6 is 0 Å². The van der Waals surface area contributed by atoms with E-state index in [0.29, 0.717) is 5.76 Å². The molecule has 3 heterocycles. The topological polar surface area (TPSA) is 79.6 Å². The van der Waals surface area contributed by atoms with Gasteiger partial charge in [-0.25, -0.2) is 8.42 Å². The lowest BCUT2D eigenvalue weighted by Gasteiger charge is -2.34. The molecule has 0 radical (unpaired) electrons. The number of furan rings is 1. The van der Waals surface area contributed by atoms with Gasteiger partial charge in [0.2, 0.25) is 5.91 Å². The number of rotatable bonds is 4. The molecule has 0 saturated carbocycles. The molecule has 1 aromatic heterocycles. The minimum absolute atomic E-state index is 0.0223. The summed E-state index contributed by atoms with van der Waals surface area (Å²) in [5.74, 6) is 0.464. The molecular formula is C16H22N2O4S. The van der Waals surface area contributed by atoms with Crippen LogP contribution in [0.1, 0.15) is 25.0 Å². The Hall–Kier alpha value is -1.60. The van der Waals surface area contributed by atoms with Crippen LogP contribution in [0.3, 0.4) is 0 Å². The molecule has 126 valence electrons. The van der Waals surface area contributed by atoms with E-state index in [1.165, 1.54) is 18.8 Å². The van der Waals surface area contributed by atoms with Crippen molar-refractivity contribution in [2.24, 2.45) is 0 Å². The molecule has 0 spiro atoms. The molecule has 0 aromatic carbocycles. The van der Waals surface area contributed by atoms with Crippen molar-refractivity contribution < 1.29 is 17.6 Å². The Morgan fingerprint density at radius 3 is 2.74 bits per heavy atom. The average molecular weight is 338 g/mol. The first-order chi connectivity index (χ1) is 11.0. The lowest BCUT2D eigenvalue weighted by Crippen LogP contribution is -2.52. The van der Waals surface area contributed by atoms with Gasteiger partial charge in [0.1, 0.15) is 5.76 Å². The van der Waals surface area contributed by atoms with E-state index >= 15 is 0 Å². The number of hydrogen-bond donors (Lipinski definition) is 1. The van der Waals surface area contributed by atoms with Crippen molar-refractivity contribution in [2.75, 3.05) is 24.6 Å². The summed E-state index contributed by atoms with van der Waals surface area (Å²) in [7, 11) is -3.10. The Morgan fingerprint density at radius 1 is 1.26 bits per heavy atom. The second-order valence-corrected chi connectivity index (χ2v) is 8.36. The fraction of sp³-hybridized carbons (Fsp3) is 0.562. The molecule has 2 saturated heterocycles. The third kappa shape index (κ3) is 4.23. The van der Waals surface area contributed by atoms with Crippen LogP contribution in [-0.4, -0.2) is 55.9 Å². The minimum atomic E-state index is -3.10. The number of likely N-dealkylation sites (tertiary alicyclic amines) is 1. The fourth-order valence-electron chi connectivity index (χ4n) is 3.35. The van der Waals surface area contributed by atoms with Gasteiger partial charge in [0.15, 0.2) is 9.84 Å². The van der Waals surface area contributed by atoms with E-state index in [4.69, 9.17) is 4.42 Å². The van der Waals surface area contributed by atoms with Crippen molar-refractivity contribution in [3.05, 3.63) is 30.2 Å². The highest BCUT2D eigenvalue weighted by atomic mass is 32.2. The van der Waals surface area contributed by atoms with Gasteiger partial charge in [-0.15, -0.1) is 0 Å². The summed E-state index contributed by atoms with van der Waals surface area (Å²) in [4.78, 5) is 14.3. The summed E-state index contributed by atoms with van der Waals surface area (Å²) in [5.41, 5.74) is 0. The summed E-state index contributed by atoms with van der Waals surface area (Å²) < 4.78 is 29.2. The molecular weight excluding hydrogens is 316 g/mol. The quantitative estimate of drug-likeness (QED) is 0.831. The maximum atomic E-state index is 12.1. The SMILES string of the molecule is O=C(/C=C/c1ccco1)N[C@@H]1CS(=O)(=O)C[C@@H]1N1CCCCC1. The highest BCUT2D eigenvalue weighted by Gasteiger charge is 2.41. The molecule has 6 nitrogen and oxygen atoms in total. The molecule has 2 atom stereocenters. The Labute approximate surface area is 136 Å². The van der Waals surface area contributed by atoms with E-state index in [-0.39, 0.29) is 29.5 Å². The molecule has 2 aliphatic rings. The second-order valence-electron chi connectivity index (χ2n) is 6.20. The summed E-state index contributed by atoms with van der Waals surface area (Å²) in [5, 5.41) is 2.86. The highest BCUT2D eigenvalue weighted by Crippen LogP contribution is 2.22. The van der Waals surface area contributed by atoms with E-state index in [1.54, 1.807) is 18.2 Å². The highest BCUT2D eigenvalue weighted by molar-refractivity contribution is 7.91. The number of carbonyl (C=O) groups excluding carboxylic acids is 1. The fourth-order valence-corrected chi connectivity index (χ4v) is 5.30. The maximum absolute atomic E-state index is 12.1. The predicted molar refractivity (Wildman–Crippen MR) is 87.5 cm³/mol. The number of nitrogens with zero attached hydrogens (tertiary/aromatic N) is 1. The maximum Gasteiger partial charge on any atom is 0.244 e. The van der Waals surface area contributed by atoms with Crippen molar-refractivity contribution in [1.82, 2.24) is 10.2 Å². The predicted octanol–water partition coefficient (Wildman–Crippen LogP) is 1.06. The van der Waals surface area contributed by atoms with Crippen molar-refractivity contribution in [1.29, 1.82) is 0 Å². The van der Waals surface area contributed by atoms with Gasteiger partial charge in [0.05, 0.1) is 23.8 Å². The first-order valence-electron chi connectivity index (χ1n) is 8.00. The molecule has 3 rings (SSSR count). The molecule has 2 aliphatic heterocycles. The van der Waals surface area contributed by atoms with Crippen LogP contribution < -0.4 is 5.32 Å². The molecule has 0 aliphatic carbocycles. The number of hydrogen-bond acceptors (Lipinski definition) is 5. The summed E-state index contributed by atoms with van der Waals surface area (Å²) in [6, 6.07) is 3.04. The van der Waals surface area contributed by atoms with Crippen LogP contribution in [-0.2, 0) is 14.6 Å². The number of nitrogens with one attached hydrogen (secondary N) is 1. The van der Waals surface area contributed by atoms with Crippen LogP contribution in [0.25, 0.3) is 6.08 Å². The second kappa shape index (κ2) is 6.88. The van der Waals surface area contributed by atoms with Gasteiger partial charge in [-0.2, -0.15) is 0 Å². The van der Waals surface area contributed by atoms with Gasteiger partial charge in [-0.3, -0.25) is 9.69 Å². The first kappa shape index (κ1) is 16.3. The molecule has 7 heteroatoms. The van der Waals surface area contributed by atoms with Crippen LogP contribution in [0.2, 0.25) is 0 Å². The lowest BCUT2D eigenvalue weighted by molar-refractivity contribution is -0.117. The van der Waals surface area contributed by atoms with Gasteiger partial charge < -0.3 is 9.73 Å². The zero-order valence-corrected chi connectivity index (χ0v) is 13.8. The molecule has 0 bridgehead atoms. The lowest BCUT2D eigenvalue weighted by atomic mass is 10.0. The third-order valence-electron chi connectivity index (χ3n) is 4.45. The van der Waals surface area contributed by atoms with Crippen molar-refractivity contribution in [3.8, 4) is 0 Å². The van der Waals surface area contributed by atoms with Gasteiger partial charge in [0, 0.05) is 12.1 Å². The van der Waals surface area contributed by atoms with Gasteiger partial charge >= 0.3 is 0 Å². The molecule has 2 fully saturated rings. The van der Waals surface area contributed by atoms with Crippen molar-refractivity contribution >= 4 is 21.8 Å². The largest absolute Gasteiger partial charge is 0.465 e. The van der Waals surface area contributed by atoms with Gasteiger partial charge in [-0.1, -0.05) is 6.42 Å². The van der Waals surface area contributed by atoms with E-state index in [2.05, 4.69) is 10.2 Å². The number of amides is 1. The average Bonchev–Trinajstić information content (AvgIpc) is 3.13. The molecule has 0 unspecified atom stereocenters. The van der Waals surface area contributed by atoms with Crippen molar-refractivity contribution in [2.45, 2.75) is 31.3 Å². The Kier molecular flexibility index (Phi) is 4.87.